The predicted molar refractivity (Wildman–Crippen MR) is 71.2 cm³/mol. The Morgan fingerprint density at radius 2 is 2.24 bits per heavy atom. The summed E-state index contributed by atoms with van der Waals surface area (Å²) in [6, 6.07) is 6.83. The first-order chi connectivity index (χ1) is 8.16. The van der Waals surface area contributed by atoms with E-state index in [9.17, 15) is 5.11 Å². The lowest BCUT2D eigenvalue weighted by Gasteiger charge is -2.17. The molecule has 0 saturated carbocycles. The normalized spacial score (nSPS) is 17.4. The first-order valence-electron chi connectivity index (χ1n) is 6.43. The second kappa shape index (κ2) is 5.52. The zero-order chi connectivity index (χ0) is 12.3. The Kier molecular flexibility index (Phi) is 4.02. The molecule has 1 aromatic carbocycles. The standard InChI is InChI=1S/C14H22N2O/c1-10(8-11(2)17)16-9-13-5-3-4-12-6-7-15-14(12)13/h3-5,10-11,15-17H,6-9H2,1-2H3. The van der Waals surface area contributed by atoms with Crippen molar-refractivity contribution >= 4 is 5.69 Å². The molecule has 3 nitrogen and oxygen atoms in total. The lowest BCUT2D eigenvalue weighted by atomic mass is 10.1. The Morgan fingerprint density at radius 3 is 3.00 bits per heavy atom. The third kappa shape index (κ3) is 3.20. The first-order valence-corrected chi connectivity index (χ1v) is 6.43. The Hall–Kier alpha value is -1.06. The van der Waals surface area contributed by atoms with Crippen molar-refractivity contribution in [1.82, 2.24) is 5.32 Å². The smallest absolute Gasteiger partial charge is 0.0526 e. The second-order valence-electron chi connectivity index (χ2n) is 4.99. The quantitative estimate of drug-likeness (QED) is 0.729. The molecule has 0 aromatic heterocycles. The van der Waals surface area contributed by atoms with Crippen LogP contribution in [-0.4, -0.2) is 23.8 Å². The molecule has 1 heterocycles. The van der Waals surface area contributed by atoms with Crippen LogP contribution in [0.3, 0.4) is 0 Å². The minimum atomic E-state index is -0.239. The van der Waals surface area contributed by atoms with Crippen LogP contribution in [0.1, 0.15) is 31.4 Å². The maximum Gasteiger partial charge on any atom is 0.0526 e. The van der Waals surface area contributed by atoms with Crippen molar-refractivity contribution < 1.29 is 5.11 Å². The van der Waals surface area contributed by atoms with Gasteiger partial charge in [-0.1, -0.05) is 18.2 Å². The molecular weight excluding hydrogens is 212 g/mol. The van der Waals surface area contributed by atoms with E-state index in [-0.39, 0.29) is 6.10 Å². The van der Waals surface area contributed by atoms with E-state index >= 15 is 0 Å². The van der Waals surface area contributed by atoms with Crippen LogP contribution in [0.25, 0.3) is 0 Å². The minimum absolute atomic E-state index is 0.239. The van der Waals surface area contributed by atoms with Gasteiger partial charge >= 0.3 is 0 Å². The zero-order valence-corrected chi connectivity index (χ0v) is 10.7. The molecule has 94 valence electrons. The minimum Gasteiger partial charge on any atom is -0.393 e. The Bertz CT molecular complexity index is 376. The van der Waals surface area contributed by atoms with Gasteiger partial charge in [0.05, 0.1) is 6.10 Å². The molecule has 1 aliphatic rings. The van der Waals surface area contributed by atoms with Crippen molar-refractivity contribution in [2.45, 2.75) is 45.4 Å². The number of aliphatic hydroxyl groups excluding tert-OH is 1. The molecule has 0 bridgehead atoms. The highest BCUT2D eigenvalue weighted by Gasteiger charge is 2.14. The molecule has 3 N–H and O–H groups in total. The number of hydrogen-bond donors (Lipinski definition) is 3. The van der Waals surface area contributed by atoms with Crippen molar-refractivity contribution in [1.29, 1.82) is 0 Å². The lowest BCUT2D eigenvalue weighted by molar-refractivity contribution is 0.170. The molecule has 2 atom stereocenters. The second-order valence-corrected chi connectivity index (χ2v) is 4.99. The molecule has 3 heteroatoms. The molecule has 0 aliphatic carbocycles. The van der Waals surface area contributed by atoms with E-state index in [1.54, 1.807) is 0 Å². The van der Waals surface area contributed by atoms with Gasteiger partial charge in [0.2, 0.25) is 0 Å². The maximum absolute atomic E-state index is 9.32. The van der Waals surface area contributed by atoms with Crippen LogP contribution in [0.15, 0.2) is 18.2 Å². The number of fused-ring (bicyclic) bond motifs is 1. The highest BCUT2D eigenvalue weighted by Crippen LogP contribution is 2.26. The van der Waals surface area contributed by atoms with Gasteiger partial charge in [0.1, 0.15) is 0 Å². The molecule has 2 rings (SSSR count). The summed E-state index contributed by atoms with van der Waals surface area (Å²) in [4.78, 5) is 0. The van der Waals surface area contributed by atoms with Crippen molar-refractivity contribution in [3.63, 3.8) is 0 Å². The summed E-state index contributed by atoms with van der Waals surface area (Å²) in [5.74, 6) is 0. The Balaban J connectivity index is 1.93. The lowest BCUT2D eigenvalue weighted by Crippen LogP contribution is -2.28. The van der Waals surface area contributed by atoms with Gasteiger partial charge in [-0.25, -0.2) is 0 Å². The van der Waals surface area contributed by atoms with Gasteiger partial charge in [-0.2, -0.15) is 0 Å². The molecule has 1 aliphatic heterocycles. The van der Waals surface area contributed by atoms with Gasteiger partial charge in [-0.3, -0.25) is 0 Å². The Labute approximate surface area is 103 Å². The van der Waals surface area contributed by atoms with E-state index in [0.717, 1.165) is 25.9 Å². The van der Waals surface area contributed by atoms with Crippen LogP contribution in [0.4, 0.5) is 5.69 Å². The average Bonchev–Trinajstić information content (AvgIpc) is 2.73. The highest BCUT2D eigenvalue weighted by molar-refractivity contribution is 5.61. The zero-order valence-electron chi connectivity index (χ0n) is 10.7. The summed E-state index contributed by atoms with van der Waals surface area (Å²) in [5, 5.41) is 16.2. The van der Waals surface area contributed by atoms with Crippen molar-refractivity contribution in [3.05, 3.63) is 29.3 Å². The first kappa shape index (κ1) is 12.4. The van der Waals surface area contributed by atoms with Gasteiger partial charge in [0.25, 0.3) is 0 Å². The number of anilines is 1. The van der Waals surface area contributed by atoms with Gasteiger partial charge in [-0.05, 0) is 37.8 Å². The average molecular weight is 234 g/mol. The molecule has 0 amide bonds. The van der Waals surface area contributed by atoms with Crippen molar-refractivity contribution in [2.75, 3.05) is 11.9 Å². The van der Waals surface area contributed by atoms with Gasteiger partial charge in [-0.15, -0.1) is 0 Å². The summed E-state index contributed by atoms with van der Waals surface area (Å²) in [7, 11) is 0. The largest absolute Gasteiger partial charge is 0.393 e. The molecule has 1 aromatic rings. The molecule has 0 saturated heterocycles. The fraction of sp³-hybridized carbons (Fsp3) is 0.571. The number of benzene rings is 1. The fourth-order valence-electron chi connectivity index (χ4n) is 2.44. The Morgan fingerprint density at radius 1 is 1.41 bits per heavy atom. The van der Waals surface area contributed by atoms with Crippen LogP contribution in [-0.2, 0) is 13.0 Å². The van der Waals surface area contributed by atoms with Crippen LogP contribution in [0.2, 0.25) is 0 Å². The summed E-state index contributed by atoms with van der Waals surface area (Å²) in [6.07, 6.45) is 1.69. The third-order valence-electron chi connectivity index (χ3n) is 3.27. The monoisotopic (exact) mass is 234 g/mol. The third-order valence-corrected chi connectivity index (χ3v) is 3.27. The van der Waals surface area contributed by atoms with E-state index in [1.165, 1.54) is 16.8 Å². The van der Waals surface area contributed by atoms with E-state index < -0.39 is 0 Å². The number of rotatable bonds is 5. The van der Waals surface area contributed by atoms with Crippen LogP contribution >= 0.6 is 0 Å². The summed E-state index contributed by atoms with van der Waals surface area (Å²) in [5.41, 5.74) is 4.06. The SMILES string of the molecule is CC(O)CC(C)NCc1cccc2c1NCC2. The topological polar surface area (TPSA) is 44.3 Å². The summed E-state index contributed by atoms with van der Waals surface area (Å²) in [6.45, 7) is 5.86. The number of nitrogens with one attached hydrogen (secondary N) is 2. The van der Waals surface area contributed by atoms with E-state index in [0.29, 0.717) is 6.04 Å². The molecule has 0 fully saturated rings. The molecule has 17 heavy (non-hydrogen) atoms. The van der Waals surface area contributed by atoms with Gasteiger partial charge < -0.3 is 15.7 Å². The van der Waals surface area contributed by atoms with E-state index in [4.69, 9.17) is 0 Å². The van der Waals surface area contributed by atoms with Crippen LogP contribution in [0.5, 0.6) is 0 Å². The van der Waals surface area contributed by atoms with E-state index in [2.05, 4.69) is 35.8 Å². The van der Waals surface area contributed by atoms with Crippen LogP contribution in [0, 0.1) is 0 Å². The number of para-hydroxylation sites is 1. The molecular formula is C14H22N2O. The van der Waals surface area contributed by atoms with Crippen molar-refractivity contribution in [2.24, 2.45) is 0 Å². The molecule has 0 spiro atoms. The van der Waals surface area contributed by atoms with Gasteiger partial charge in [0.15, 0.2) is 0 Å². The van der Waals surface area contributed by atoms with Gasteiger partial charge in [0, 0.05) is 24.8 Å². The summed E-state index contributed by atoms with van der Waals surface area (Å²) >= 11 is 0. The molecule has 2 unspecified atom stereocenters. The molecule has 0 radical (unpaired) electrons. The van der Waals surface area contributed by atoms with Crippen molar-refractivity contribution in [3.8, 4) is 0 Å². The van der Waals surface area contributed by atoms with E-state index in [1.807, 2.05) is 6.92 Å². The number of hydrogen-bond acceptors (Lipinski definition) is 3. The highest BCUT2D eigenvalue weighted by atomic mass is 16.3. The fourth-order valence-corrected chi connectivity index (χ4v) is 2.44. The number of aliphatic hydroxyl groups is 1. The van der Waals surface area contributed by atoms with Crippen LogP contribution < -0.4 is 10.6 Å². The summed E-state index contributed by atoms with van der Waals surface area (Å²) < 4.78 is 0. The predicted octanol–water partition coefficient (Wildman–Crippen LogP) is 1.90. The maximum atomic E-state index is 9.32.